The van der Waals surface area contributed by atoms with Crippen molar-refractivity contribution < 1.29 is 17.6 Å². The van der Waals surface area contributed by atoms with Crippen LogP contribution in [0.25, 0.3) is 11.3 Å². The molecule has 0 aliphatic carbocycles. The zero-order chi connectivity index (χ0) is 19.4. The number of hydrogen-bond acceptors (Lipinski definition) is 5. The molecular weight excluding hydrogens is 390 g/mol. The summed E-state index contributed by atoms with van der Waals surface area (Å²) < 4.78 is 31.1. The summed E-state index contributed by atoms with van der Waals surface area (Å²) in [5, 5.41) is 2.99. The molecule has 9 heteroatoms. The fourth-order valence-corrected chi connectivity index (χ4v) is 3.44. The smallest absolute Gasteiger partial charge is 0.253 e. The summed E-state index contributed by atoms with van der Waals surface area (Å²) in [7, 11) is -2.26. The van der Waals surface area contributed by atoms with Gasteiger partial charge in [0.15, 0.2) is 0 Å². The van der Waals surface area contributed by atoms with Gasteiger partial charge in [-0.25, -0.2) is 13.1 Å². The molecule has 0 aliphatic rings. The summed E-state index contributed by atoms with van der Waals surface area (Å²) in [6.07, 6.45) is 4.60. The third-order valence-corrected chi connectivity index (χ3v) is 5.61. The minimum Gasteiger partial charge on any atom is -0.464 e. The molecule has 0 atom stereocenters. The normalized spacial score (nSPS) is 11.3. The van der Waals surface area contributed by atoms with Crippen LogP contribution in [0.4, 0.5) is 0 Å². The Labute approximate surface area is 161 Å². The highest BCUT2D eigenvalue weighted by molar-refractivity contribution is 7.89. The quantitative estimate of drug-likeness (QED) is 0.656. The zero-order valence-electron chi connectivity index (χ0n) is 14.3. The molecule has 0 saturated carbocycles. The van der Waals surface area contributed by atoms with Crippen LogP contribution in [0.3, 0.4) is 0 Å². The first-order valence-electron chi connectivity index (χ1n) is 7.90. The van der Waals surface area contributed by atoms with Gasteiger partial charge in [-0.2, -0.15) is 0 Å². The van der Waals surface area contributed by atoms with Crippen molar-refractivity contribution in [3.63, 3.8) is 0 Å². The van der Waals surface area contributed by atoms with E-state index in [1.54, 1.807) is 36.7 Å². The Bertz CT molecular complexity index is 1070. The number of carbonyl (C=O) groups excluding carboxylic acids is 1. The van der Waals surface area contributed by atoms with Crippen molar-refractivity contribution in [2.45, 2.75) is 11.4 Å². The fourth-order valence-electron chi connectivity index (χ4n) is 2.38. The number of benzene rings is 1. The summed E-state index contributed by atoms with van der Waals surface area (Å²) >= 11 is 6.15. The molecule has 3 aromatic rings. The third-order valence-electron chi connectivity index (χ3n) is 3.85. The van der Waals surface area contributed by atoms with Crippen LogP contribution in [-0.4, -0.2) is 26.4 Å². The Morgan fingerprint density at radius 2 is 2.04 bits per heavy atom. The minimum atomic E-state index is -3.58. The number of nitrogens with zero attached hydrogens (tertiary/aromatic N) is 1. The average molecular weight is 406 g/mol. The van der Waals surface area contributed by atoms with Crippen LogP contribution in [0.15, 0.2) is 64.4 Å². The maximum absolute atomic E-state index is 12.4. The molecule has 1 aromatic carbocycles. The van der Waals surface area contributed by atoms with Crippen LogP contribution in [0.5, 0.6) is 0 Å². The van der Waals surface area contributed by atoms with Gasteiger partial charge in [-0.15, -0.1) is 0 Å². The largest absolute Gasteiger partial charge is 0.464 e. The van der Waals surface area contributed by atoms with Gasteiger partial charge in [0.25, 0.3) is 5.91 Å². The second-order valence-corrected chi connectivity index (χ2v) is 7.88. The lowest BCUT2D eigenvalue weighted by Crippen LogP contribution is -2.23. The zero-order valence-corrected chi connectivity index (χ0v) is 15.8. The molecule has 27 heavy (non-hydrogen) atoms. The second-order valence-electron chi connectivity index (χ2n) is 5.58. The van der Waals surface area contributed by atoms with Gasteiger partial charge >= 0.3 is 0 Å². The Hall–Kier alpha value is -2.68. The maximum atomic E-state index is 12.4. The first-order valence-corrected chi connectivity index (χ1v) is 9.76. The standard InChI is InChI=1S/C18H16ClN3O4S/c1-20-27(24,25)15-5-4-12(16(19)8-15)11-22-18(23)14-7-13(9-21-10-14)17-3-2-6-26-17/h2-10,20H,11H2,1H3,(H,22,23). The van der Waals surface area contributed by atoms with Gasteiger partial charge in [0.05, 0.1) is 16.7 Å². The van der Waals surface area contributed by atoms with E-state index in [1.807, 2.05) is 0 Å². The number of furan rings is 1. The van der Waals surface area contributed by atoms with Crippen molar-refractivity contribution in [3.8, 4) is 11.3 Å². The molecule has 0 bridgehead atoms. The van der Waals surface area contributed by atoms with E-state index in [0.717, 1.165) is 0 Å². The van der Waals surface area contributed by atoms with Gasteiger partial charge < -0.3 is 9.73 Å². The summed E-state index contributed by atoms with van der Waals surface area (Å²) in [4.78, 5) is 16.5. The van der Waals surface area contributed by atoms with Crippen molar-refractivity contribution in [2.24, 2.45) is 0 Å². The summed E-state index contributed by atoms with van der Waals surface area (Å²) in [5.41, 5.74) is 1.65. The van der Waals surface area contributed by atoms with Crippen molar-refractivity contribution in [1.82, 2.24) is 15.0 Å². The average Bonchev–Trinajstić information content (AvgIpc) is 3.21. The molecule has 0 spiro atoms. The number of aromatic nitrogens is 1. The molecule has 0 fully saturated rings. The Balaban J connectivity index is 1.72. The summed E-state index contributed by atoms with van der Waals surface area (Å²) in [5.74, 6) is 0.278. The molecule has 7 nitrogen and oxygen atoms in total. The molecule has 140 valence electrons. The first kappa shape index (κ1) is 19.1. The van der Waals surface area contributed by atoms with Crippen molar-refractivity contribution >= 4 is 27.5 Å². The molecule has 0 unspecified atom stereocenters. The van der Waals surface area contributed by atoms with Crippen molar-refractivity contribution in [2.75, 3.05) is 7.05 Å². The predicted octanol–water partition coefficient (Wildman–Crippen LogP) is 2.83. The molecule has 2 aromatic heterocycles. The summed E-state index contributed by atoms with van der Waals surface area (Å²) in [6.45, 7) is 0.141. The molecule has 0 saturated heterocycles. The number of amides is 1. The van der Waals surface area contributed by atoms with E-state index in [1.165, 1.54) is 25.4 Å². The molecule has 1 amide bonds. The van der Waals surface area contributed by atoms with Gasteiger partial charge in [-0.3, -0.25) is 9.78 Å². The molecular formula is C18H16ClN3O4S. The Morgan fingerprint density at radius 3 is 2.70 bits per heavy atom. The number of hydrogen-bond donors (Lipinski definition) is 2. The molecule has 3 rings (SSSR count). The molecule has 0 radical (unpaired) electrons. The van der Waals surface area contributed by atoms with Crippen LogP contribution in [0.2, 0.25) is 5.02 Å². The lowest BCUT2D eigenvalue weighted by Gasteiger charge is -2.09. The van der Waals surface area contributed by atoms with Crippen LogP contribution in [0.1, 0.15) is 15.9 Å². The van der Waals surface area contributed by atoms with Crippen LogP contribution in [-0.2, 0) is 16.6 Å². The van der Waals surface area contributed by atoms with E-state index in [9.17, 15) is 13.2 Å². The highest BCUT2D eigenvalue weighted by Gasteiger charge is 2.14. The minimum absolute atomic E-state index is 0.0559. The topological polar surface area (TPSA) is 101 Å². The first-order chi connectivity index (χ1) is 12.9. The van der Waals surface area contributed by atoms with Gasteiger partial charge in [0.2, 0.25) is 10.0 Å². The number of halogens is 1. The highest BCUT2D eigenvalue weighted by atomic mass is 35.5. The predicted molar refractivity (Wildman–Crippen MR) is 101 cm³/mol. The van der Waals surface area contributed by atoms with E-state index in [4.69, 9.17) is 16.0 Å². The third kappa shape index (κ3) is 4.36. The summed E-state index contributed by atoms with van der Waals surface area (Å²) in [6, 6.07) is 9.53. The van der Waals surface area contributed by atoms with Gasteiger partial charge in [0.1, 0.15) is 5.76 Å². The molecule has 2 heterocycles. The van der Waals surface area contributed by atoms with Gasteiger partial charge in [-0.05, 0) is 42.9 Å². The van der Waals surface area contributed by atoms with Crippen molar-refractivity contribution in [3.05, 3.63) is 71.2 Å². The van der Waals surface area contributed by atoms with E-state index < -0.39 is 10.0 Å². The van der Waals surface area contributed by atoms with Gasteiger partial charge in [-0.1, -0.05) is 17.7 Å². The fraction of sp³-hybridized carbons (Fsp3) is 0.111. The Kier molecular flexibility index (Phi) is 5.59. The van der Waals surface area contributed by atoms with Crippen LogP contribution >= 0.6 is 11.6 Å². The lowest BCUT2D eigenvalue weighted by atomic mass is 10.1. The molecule has 0 aliphatic heterocycles. The van der Waals surface area contributed by atoms with E-state index in [2.05, 4.69) is 15.0 Å². The number of sulfonamides is 1. The van der Waals surface area contributed by atoms with Gasteiger partial charge in [0, 0.05) is 29.5 Å². The number of nitrogens with one attached hydrogen (secondary N) is 2. The highest BCUT2D eigenvalue weighted by Crippen LogP contribution is 2.22. The second kappa shape index (κ2) is 7.91. The maximum Gasteiger partial charge on any atom is 0.253 e. The van der Waals surface area contributed by atoms with Crippen LogP contribution < -0.4 is 10.0 Å². The van der Waals surface area contributed by atoms with E-state index in [-0.39, 0.29) is 22.4 Å². The van der Waals surface area contributed by atoms with Crippen LogP contribution in [0, 0.1) is 0 Å². The SMILES string of the molecule is CNS(=O)(=O)c1ccc(CNC(=O)c2cncc(-c3ccco3)c2)c(Cl)c1. The number of rotatable bonds is 6. The number of pyridine rings is 1. The monoisotopic (exact) mass is 405 g/mol. The number of carbonyl (C=O) groups is 1. The molecule has 2 N–H and O–H groups in total. The van der Waals surface area contributed by atoms with E-state index >= 15 is 0 Å². The lowest BCUT2D eigenvalue weighted by molar-refractivity contribution is 0.0950. The van der Waals surface area contributed by atoms with Crippen molar-refractivity contribution in [1.29, 1.82) is 0 Å². The Morgan fingerprint density at radius 1 is 1.22 bits per heavy atom. The van der Waals surface area contributed by atoms with E-state index in [0.29, 0.717) is 22.5 Å².